The number of ether oxygens (including phenoxy) is 1. The summed E-state index contributed by atoms with van der Waals surface area (Å²) in [5, 5.41) is 3.30. The van der Waals surface area contributed by atoms with Crippen molar-refractivity contribution in [3.63, 3.8) is 0 Å². The zero-order chi connectivity index (χ0) is 21.8. The van der Waals surface area contributed by atoms with Crippen molar-refractivity contribution in [2.75, 3.05) is 19.4 Å². The van der Waals surface area contributed by atoms with Gasteiger partial charge in [0.25, 0.3) is 5.91 Å². The monoisotopic (exact) mass is 418 g/mol. The van der Waals surface area contributed by atoms with Gasteiger partial charge in [-0.05, 0) is 66.8 Å². The van der Waals surface area contributed by atoms with Crippen LogP contribution in [-0.4, -0.2) is 40.7 Å². The average Bonchev–Trinajstić information content (AvgIpc) is 3.41. The van der Waals surface area contributed by atoms with Crippen LogP contribution in [0.15, 0.2) is 55.0 Å². The number of nitrogens with one attached hydrogen (secondary N) is 2. The number of hydrogen-bond donors (Lipinski definition) is 2. The maximum Gasteiger partial charge on any atom is 0.253 e. The number of carbonyl (C=O) groups is 2. The summed E-state index contributed by atoms with van der Waals surface area (Å²) in [4.78, 5) is 32.5. The molecule has 160 valence electrons. The van der Waals surface area contributed by atoms with Crippen LogP contribution in [0.4, 0.5) is 11.5 Å². The van der Waals surface area contributed by atoms with Gasteiger partial charge in [0, 0.05) is 38.2 Å². The molecule has 2 N–H and O–H groups in total. The lowest BCUT2D eigenvalue weighted by atomic mass is 9.97. The Kier molecular flexibility index (Phi) is 6.02. The number of aromatic nitrogens is 2. The maximum atomic E-state index is 12.1. The Labute approximate surface area is 181 Å². The zero-order valence-corrected chi connectivity index (χ0v) is 17.7. The molecule has 1 saturated carbocycles. The fourth-order valence-corrected chi connectivity index (χ4v) is 3.82. The van der Waals surface area contributed by atoms with Crippen molar-refractivity contribution in [2.45, 2.75) is 25.7 Å². The number of hydrogen-bond acceptors (Lipinski definition) is 5. The molecule has 7 heteroatoms. The number of Topliss-reactive ketones (excluding diaryl/α,β-unsaturated/α-hetero) is 1. The molecule has 1 aromatic heterocycles. The van der Waals surface area contributed by atoms with Gasteiger partial charge in [0.1, 0.15) is 23.1 Å². The van der Waals surface area contributed by atoms with Crippen molar-refractivity contribution >= 4 is 23.2 Å². The van der Waals surface area contributed by atoms with E-state index in [-0.39, 0.29) is 5.91 Å². The molecular formula is C24H26N4O3. The summed E-state index contributed by atoms with van der Waals surface area (Å²) in [7, 11) is 3.46. The van der Waals surface area contributed by atoms with Crippen LogP contribution in [0.2, 0.25) is 0 Å². The molecule has 0 radical (unpaired) electrons. The van der Waals surface area contributed by atoms with E-state index in [1.54, 1.807) is 55.8 Å². The molecule has 1 fully saturated rings. The summed E-state index contributed by atoms with van der Waals surface area (Å²) in [5.41, 5.74) is 2.57. The van der Waals surface area contributed by atoms with Crippen LogP contribution < -0.4 is 10.1 Å². The lowest BCUT2D eigenvalue weighted by molar-refractivity contribution is -0.117. The summed E-state index contributed by atoms with van der Waals surface area (Å²) < 4.78 is 6.17. The fraction of sp³-hybridized carbons (Fsp3) is 0.292. The highest BCUT2D eigenvalue weighted by Crippen LogP contribution is 2.34. The van der Waals surface area contributed by atoms with Gasteiger partial charge in [-0.25, -0.2) is 4.98 Å². The van der Waals surface area contributed by atoms with Crippen LogP contribution in [0, 0.1) is 5.92 Å². The molecule has 2 aromatic carbocycles. The quantitative estimate of drug-likeness (QED) is 0.587. The van der Waals surface area contributed by atoms with E-state index in [1.165, 1.54) is 0 Å². The van der Waals surface area contributed by atoms with E-state index in [4.69, 9.17) is 4.74 Å². The van der Waals surface area contributed by atoms with Gasteiger partial charge >= 0.3 is 0 Å². The number of benzene rings is 2. The first-order valence-electron chi connectivity index (χ1n) is 10.4. The van der Waals surface area contributed by atoms with Crippen LogP contribution in [0.1, 0.15) is 35.2 Å². The van der Waals surface area contributed by atoms with Crippen molar-refractivity contribution < 1.29 is 14.3 Å². The van der Waals surface area contributed by atoms with Crippen molar-refractivity contribution in [1.82, 2.24) is 14.9 Å². The van der Waals surface area contributed by atoms with Crippen LogP contribution in [0.25, 0.3) is 0 Å². The molecule has 1 heterocycles. The fourth-order valence-electron chi connectivity index (χ4n) is 3.82. The van der Waals surface area contributed by atoms with Gasteiger partial charge in [0.2, 0.25) is 0 Å². The number of ketones is 1. The highest BCUT2D eigenvalue weighted by Gasteiger charge is 2.23. The van der Waals surface area contributed by atoms with Gasteiger partial charge < -0.3 is 19.9 Å². The van der Waals surface area contributed by atoms with Gasteiger partial charge in [-0.3, -0.25) is 9.59 Å². The Morgan fingerprint density at radius 2 is 2.03 bits per heavy atom. The van der Waals surface area contributed by atoms with Crippen LogP contribution in [-0.2, 0) is 11.2 Å². The van der Waals surface area contributed by atoms with E-state index in [1.807, 2.05) is 12.1 Å². The number of H-pyrrole nitrogens is 1. The third-order valence-corrected chi connectivity index (χ3v) is 5.43. The highest BCUT2D eigenvalue weighted by atomic mass is 16.5. The Balaban J connectivity index is 1.56. The van der Waals surface area contributed by atoms with Crippen molar-refractivity contribution in [3.8, 4) is 11.5 Å². The Morgan fingerprint density at radius 3 is 2.68 bits per heavy atom. The molecule has 0 aliphatic heterocycles. The van der Waals surface area contributed by atoms with E-state index >= 15 is 0 Å². The lowest BCUT2D eigenvalue weighted by Crippen LogP contribution is -2.21. The minimum Gasteiger partial charge on any atom is -0.457 e. The third-order valence-electron chi connectivity index (χ3n) is 5.43. The van der Waals surface area contributed by atoms with E-state index in [0.717, 1.165) is 35.7 Å². The van der Waals surface area contributed by atoms with Gasteiger partial charge in [-0.1, -0.05) is 0 Å². The molecule has 0 bridgehead atoms. The minimum atomic E-state index is -0.0487. The molecule has 7 nitrogen and oxygen atoms in total. The molecular weight excluding hydrogens is 392 g/mol. The Hall–Kier alpha value is -3.61. The third kappa shape index (κ3) is 5.12. The second kappa shape index (κ2) is 9.04. The average molecular weight is 418 g/mol. The summed E-state index contributed by atoms with van der Waals surface area (Å²) in [5.74, 6) is 2.83. The van der Waals surface area contributed by atoms with Gasteiger partial charge in [-0.15, -0.1) is 0 Å². The maximum absolute atomic E-state index is 12.1. The number of amides is 1. The first-order chi connectivity index (χ1) is 15.0. The van der Waals surface area contributed by atoms with Gasteiger partial charge in [0.05, 0.1) is 12.5 Å². The normalized spacial score (nSPS) is 15.7. The largest absolute Gasteiger partial charge is 0.457 e. The molecule has 0 saturated heterocycles. The Bertz CT molecular complexity index is 1060. The molecule has 1 unspecified atom stereocenters. The zero-order valence-electron chi connectivity index (χ0n) is 17.7. The summed E-state index contributed by atoms with van der Waals surface area (Å²) in [6.45, 7) is 0. The predicted molar refractivity (Wildman–Crippen MR) is 119 cm³/mol. The minimum absolute atomic E-state index is 0.0487. The highest BCUT2D eigenvalue weighted by molar-refractivity contribution is 5.93. The number of anilines is 2. The number of aromatic amines is 1. The van der Waals surface area contributed by atoms with Gasteiger partial charge in [-0.2, -0.15) is 0 Å². The summed E-state index contributed by atoms with van der Waals surface area (Å²) in [6.07, 6.45) is 6.31. The topological polar surface area (TPSA) is 87.3 Å². The van der Waals surface area contributed by atoms with Crippen molar-refractivity contribution in [1.29, 1.82) is 0 Å². The summed E-state index contributed by atoms with van der Waals surface area (Å²) >= 11 is 0. The molecule has 1 amide bonds. The Morgan fingerprint density at radius 1 is 1.23 bits per heavy atom. The van der Waals surface area contributed by atoms with E-state index in [2.05, 4.69) is 21.4 Å². The number of rotatable bonds is 7. The molecule has 31 heavy (non-hydrogen) atoms. The molecule has 3 aromatic rings. The first kappa shape index (κ1) is 20.7. The number of imidazole rings is 1. The SMILES string of the molecule is CN(C)C(=O)c1ccc(Oc2ccc(Nc3cnc[nH]3)cc2CC2CCC(=O)C2)cc1. The summed E-state index contributed by atoms with van der Waals surface area (Å²) in [6, 6.07) is 13.1. The van der Waals surface area contributed by atoms with Crippen LogP contribution >= 0.6 is 0 Å². The lowest BCUT2D eigenvalue weighted by Gasteiger charge is -2.16. The number of nitrogens with zero attached hydrogens (tertiary/aromatic N) is 2. The standard InChI is InChI=1S/C24H26N4O3/c1-28(2)24(30)17-4-8-21(9-5-17)31-22-10-6-19(27-23-14-25-15-26-23)13-18(22)11-16-3-7-20(29)12-16/h4-6,8-10,13-16,27H,3,7,11-12H2,1-2H3,(H,25,26). The molecule has 1 aliphatic carbocycles. The first-order valence-corrected chi connectivity index (χ1v) is 10.4. The van der Waals surface area contributed by atoms with Crippen molar-refractivity contribution in [2.24, 2.45) is 5.92 Å². The molecule has 4 rings (SSSR count). The smallest absolute Gasteiger partial charge is 0.253 e. The van der Waals surface area contributed by atoms with Crippen LogP contribution in [0.5, 0.6) is 11.5 Å². The molecule has 0 spiro atoms. The van der Waals surface area contributed by atoms with Crippen LogP contribution in [0.3, 0.4) is 0 Å². The second-order valence-corrected chi connectivity index (χ2v) is 8.09. The van der Waals surface area contributed by atoms with E-state index < -0.39 is 0 Å². The number of carbonyl (C=O) groups excluding carboxylic acids is 2. The van der Waals surface area contributed by atoms with Gasteiger partial charge in [0.15, 0.2) is 0 Å². The molecule has 1 aliphatic rings. The van der Waals surface area contributed by atoms with Crippen molar-refractivity contribution in [3.05, 3.63) is 66.1 Å². The van der Waals surface area contributed by atoms with E-state index in [0.29, 0.717) is 35.9 Å². The molecule has 1 atom stereocenters. The predicted octanol–water partition coefficient (Wildman–Crippen LogP) is 4.56. The van der Waals surface area contributed by atoms with E-state index in [9.17, 15) is 9.59 Å². The second-order valence-electron chi connectivity index (χ2n) is 8.09.